The van der Waals surface area contributed by atoms with Crippen LogP contribution >= 0.6 is 11.6 Å². The number of halogens is 1. The Morgan fingerprint density at radius 3 is 1.46 bits per heavy atom. The molecule has 0 aliphatic rings. The third kappa shape index (κ3) is 4.46. The van der Waals surface area contributed by atoms with E-state index in [9.17, 15) is 0 Å². The molecular formula is C36H23ClN2. The van der Waals surface area contributed by atoms with Gasteiger partial charge in [-0.2, -0.15) is 0 Å². The van der Waals surface area contributed by atoms with Gasteiger partial charge in [0.2, 0.25) is 0 Å². The van der Waals surface area contributed by atoms with Gasteiger partial charge < -0.3 is 0 Å². The molecule has 0 aliphatic carbocycles. The molecule has 1 aromatic heterocycles. The third-order valence-corrected chi connectivity index (χ3v) is 7.30. The standard InChI is InChI=1S/C36H23ClN2/c37-30-21-28(35-31-17-9-7-15-26(31)19-27-16-8-10-18-32(27)35)20-29(22-30)36-38-33(24-11-3-1-4-12-24)23-34(39-36)25-13-5-2-6-14-25/h1-23H. The molecule has 0 unspecified atom stereocenters. The smallest absolute Gasteiger partial charge is 0.160 e. The number of hydrogen-bond acceptors (Lipinski definition) is 2. The van der Waals surface area contributed by atoms with Gasteiger partial charge in [0.05, 0.1) is 11.4 Å². The molecule has 39 heavy (non-hydrogen) atoms. The van der Waals surface area contributed by atoms with Gasteiger partial charge in [0.1, 0.15) is 0 Å². The highest BCUT2D eigenvalue weighted by molar-refractivity contribution is 6.31. The molecule has 0 bridgehead atoms. The number of aromatic nitrogens is 2. The molecule has 0 N–H and O–H groups in total. The first kappa shape index (κ1) is 23.3. The quantitative estimate of drug-likeness (QED) is 0.216. The molecule has 0 fully saturated rings. The molecule has 0 atom stereocenters. The molecule has 0 amide bonds. The van der Waals surface area contributed by atoms with Gasteiger partial charge in [-0.1, -0.05) is 121 Å². The molecule has 0 radical (unpaired) electrons. The van der Waals surface area contributed by atoms with Crippen molar-refractivity contribution in [3.8, 4) is 45.0 Å². The minimum Gasteiger partial charge on any atom is -0.228 e. The lowest BCUT2D eigenvalue weighted by atomic mass is 9.91. The van der Waals surface area contributed by atoms with Gasteiger partial charge in [-0.25, -0.2) is 9.97 Å². The number of benzene rings is 6. The first-order valence-corrected chi connectivity index (χ1v) is 13.3. The number of rotatable bonds is 4. The Hall–Kier alpha value is -4.79. The Morgan fingerprint density at radius 2 is 0.897 bits per heavy atom. The fraction of sp³-hybridized carbons (Fsp3) is 0. The average Bonchev–Trinajstić information content (AvgIpc) is 3.00. The molecule has 0 aliphatic heterocycles. The predicted molar refractivity (Wildman–Crippen MR) is 164 cm³/mol. The number of hydrogen-bond donors (Lipinski definition) is 0. The number of nitrogens with zero attached hydrogens (tertiary/aromatic N) is 2. The van der Waals surface area contributed by atoms with Crippen LogP contribution in [0.3, 0.4) is 0 Å². The van der Waals surface area contributed by atoms with E-state index in [1.807, 2.05) is 48.5 Å². The Balaban J connectivity index is 1.48. The van der Waals surface area contributed by atoms with Gasteiger partial charge in [-0.15, -0.1) is 0 Å². The lowest BCUT2D eigenvalue weighted by molar-refractivity contribution is 1.18. The molecule has 7 rings (SSSR count). The molecule has 0 spiro atoms. The van der Waals surface area contributed by atoms with Crippen molar-refractivity contribution in [1.82, 2.24) is 9.97 Å². The van der Waals surface area contributed by atoms with Crippen LogP contribution in [-0.2, 0) is 0 Å². The summed E-state index contributed by atoms with van der Waals surface area (Å²) in [6.07, 6.45) is 0. The minimum absolute atomic E-state index is 0.642. The lowest BCUT2D eigenvalue weighted by Crippen LogP contribution is -1.96. The van der Waals surface area contributed by atoms with E-state index in [2.05, 4.69) is 91.0 Å². The van der Waals surface area contributed by atoms with Crippen LogP contribution in [0.1, 0.15) is 0 Å². The molecule has 184 valence electrons. The maximum absolute atomic E-state index is 6.81. The van der Waals surface area contributed by atoms with Crippen LogP contribution in [0.5, 0.6) is 0 Å². The van der Waals surface area contributed by atoms with Crippen molar-refractivity contribution >= 4 is 33.1 Å². The highest BCUT2D eigenvalue weighted by Gasteiger charge is 2.15. The van der Waals surface area contributed by atoms with Crippen molar-refractivity contribution in [3.05, 3.63) is 145 Å². The van der Waals surface area contributed by atoms with Crippen LogP contribution in [0.15, 0.2) is 140 Å². The van der Waals surface area contributed by atoms with Crippen LogP contribution in [0.4, 0.5) is 0 Å². The predicted octanol–water partition coefficient (Wildman–Crippen LogP) is 10.1. The van der Waals surface area contributed by atoms with E-state index in [4.69, 9.17) is 21.6 Å². The summed E-state index contributed by atoms with van der Waals surface area (Å²) in [6, 6.07) is 47.9. The zero-order chi connectivity index (χ0) is 26.2. The molecule has 7 aromatic rings. The Kier molecular flexibility index (Phi) is 5.88. The summed E-state index contributed by atoms with van der Waals surface area (Å²) in [4.78, 5) is 10.1. The zero-order valence-corrected chi connectivity index (χ0v) is 21.8. The van der Waals surface area contributed by atoms with E-state index in [0.29, 0.717) is 10.8 Å². The van der Waals surface area contributed by atoms with Gasteiger partial charge in [-0.3, -0.25) is 0 Å². The third-order valence-electron chi connectivity index (χ3n) is 7.08. The largest absolute Gasteiger partial charge is 0.228 e. The van der Waals surface area contributed by atoms with Gasteiger partial charge >= 0.3 is 0 Å². The molecular weight excluding hydrogens is 496 g/mol. The molecule has 6 aromatic carbocycles. The molecule has 0 saturated heterocycles. The van der Waals surface area contributed by atoms with E-state index in [1.165, 1.54) is 21.5 Å². The topological polar surface area (TPSA) is 25.8 Å². The fourth-order valence-electron chi connectivity index (χ4n) is 5.28. The van der Waals surface area contributed by atoms with E-state index in [-0.39, 0.29) is 0 Å². The van der Waals surface area contributed by atoms with Crippen LogP contribution in [0.25, 0.3) is 66.6 Å². The van der Waals surface area contributed by atoms with Gasteiger partial charge in [0.15, 0.2) is 5.82 Å². The van der Waals surface area contributed by atoms with Crippen LogP contribution < -0.4 is 0 Å². The van der Waals surface area contributed by atoms with Crippen LogP contribution in [-0.4, -0.2) is 9.97 Å². The Labute approximate surface area is 232 Å². The van der Waals surface area contributed by atoms with Crippen molar-refractivity contribution in [2.45, 2.75) is 0 Å². The second-order valence-electron chi connectivity index (χ2n) is 9.62. The first-order chi connectivity index (χ1) is 19.2. The molecule has 0 saturated carbocycles. The monoisotopic (exact) mass is 518 g/mol. The summed E-state index contributed by atoms with van der Waals surface area (Å²) in [5.74, 6) is 0.642. The number of fused-ring (bicyclic) bond motifs is 2. The van der Waals surface area contributed by atoms with Crippen molar-refractivity contribution in [3.63, 3.8) is 0 Å². The Bertz CT molecular complexity index is 1850. The zero-order valence-electron chi connectivity index (χ0n) is 21.1. The molecule has 2 nitrogen and oxygen atoms in total. The van der Waals surface area contributed by atoms with Gasteiger partial charge in [0, 0.05) is 21.7 Å². The van der Waals surface area contributed by atoms with Crippen molar-refractivity contribution < 1.29 is 0 Å². The van der Waals surface area contributed by atoms with Gasteiger partial charge in [0.25, 0.3) is 0 Å². The van der Waals surface area contributed by atoms with E-state index >= 15 is 0 Å². The normalized spacial score (nSPS) is 11.2. The van der Waals surface area contributed by atoms with E-state index < -0.39 is 0 Å². The van der Waals surface area contributed by atoms with Crippen LogP contribution in [0, 0.1) is 0 Å². The SMILES string of the molecule is Clc1cc(-c2nc(-c3ccccc3)cc(-c3ccccc3)n2)cc(-c2c3ccccc3cc3ccccc23)c1. The van der Waals surface area contributed by atoms with E-state index in [0.717, 1.165) is 39.2 Å². The van der Waals surface area contributed by atoms with E-state index in [1.54, 1.807) is 0 Å². The maximum Gasteiger partial charge on any atom is 0.160 e. The van der Waals surface area contributed by atoms with Crippen molar-refractivity contribution in [2.24, 2.45) is 0 Å². The fourth-order valence-corrected chi connectivity index (χ4v) is 5.51. The summed E-state index contributed by atoms with van der Waals surface area (Å²) in [6.45, 7) is 0. The lowest BCUT2D eigenvalue weighted by Gasteiger charge is -2.14. The second kappa shape index (κ2) is 9.83. The van der Waals surface area contributed by atoms with Gasteiger partial charge in [-0.05, 0) is 63.0 Å². The average molecular weight is 519 g/mol. The minimum atomic E-state index is 0.642. The Morgan fingerprint density at radius 1 is 0.410 bits per heavy atom. The summed E-state index contributed by atoms with van der Waals surface area (Å²) < 4.78 is 0. The highest BCUT2D eigenvalue weighted by atomic mass is 35.5. The second-order valence-corrected chi connectivity index (χ2v) is 10.1. The summed E-state index contributed by atoms with van der Waals surface area (Å²) in [5.41, 5.74) is 6.91. The van der Waals surface area contributed by atoms with Crippen molar-refractivity contribution in [2.75, 3.05) is 0 Å². The first-order valence-electron chi connectivity index (χ1n) is 12.9. The maximum atomic E-state index is 6.81. The molecule has 1 heterocycles. The summed E-state index contributed by atoms with van der Waals surface area (Å²) in [7, 11) is 0. The van der Waals surface area contributed by atoms with Crippen molar-refractivity contribution in [1.29, 1.82) is 0 Å². The van der Waals surface area contributed by atoms with Crippen LogP contribution in [0.2, 0.25) is 5.02 Å². The summed E-state index contributed by atoms with van der Waals surface area (Å²) >= 11 is 6.81. The highest BCUT2D eigenvalue weighted by Crippen LogP contribution is 2.39. The summed E-state index contributed by atoms with van der Waals surface area (Å²) in [5, 5.41) is 5.42. The molecule has 3 heteroatoms.